The number of rotatable bonds is 11. The average molecular weight is 676 g/mol. The monoisotopic (exact) mass is 674 g/mol. The molecule has 0 atom stereocenters. The molecule has 0 amide bonds. The Balaban J connectivity index is 1.51. The van der Waals surface area contributed by atoms with Crippen molar-refractivity contribution in [3.05, 3.63) is 147 Å². The summed E-state index contributed by atoms with van der Waals surface area (Å²) in [5, 5.41) is 9.64. The van der Waals surface area contributed by atoms with E-state index in [9.17, 15) is 13.6 Å². The second-order valence-corrected chi connectivity index (χ2v) is 12.5. The summed E-state index contributed by atoms with van der Waals surface area (Å²) >= 11 is 14.4. The van der Waals surface area contributed by atoms with Crippen LogP contribution in [-0.2, 0) is 4.79 Å². The number of ether oxygens (including phenoxy) is 1. The fourth-order valence-corrected chi connectivity index (χ4v) is 6.86. The van der Waals surface area contributed by atoms with Crippen LogP contribution in [0.5, 0.6) is 5.75 Å². The summed E-state index contributed by atoms with van der Waals surface area (Å²) in [6.07, 6.45) is 0.790. The average Bonchev–Trinajstić information content (AvgIpc) is 3.03. The van der Waals surface area contributed by atoms with E-state index in [2.05, 4.69) is 6.92 Å². The van der Waals surface area contributed by atoms with Crippen molar-refractivity contribution in [2.24, 2.45) is 0 Å². The van der Waals surface area contributed by atoms with Gasteiger partial charge in [-0.3, -0.25) is 0 Å². The van der Waals surface area contributed by atoms with Gasteiger partial charge in [0.2, 0.25) is 0 Å². The number of carboxylic acid groups (broad SMARTS) is 1. The number of hydrogen-bond donors (Lipinski definition) is 1. The van der Waals surface area contributed by atoms with Crippen LogP contribution in [0.4, 0.5) is 8.78 Å². The van der Waals surface area contributed by atoms with Crippen molar-refractivity contribution in [3.8, 4) is 28.0 Å². The van der Waals surface area contributed by atoms with Crippen LogP contribution in [0, 0.1) is 18.6 Å². The zero-order valence-electron chi connectivity index (χ0n) is 25.1. The molecule has 234 valence electrons. The third-order valence-corrected chi connectivity index (χ3v) is 9.23. The lowest BCUT2D eigenvalue weighted by molar-refractivity contribution is -0.139. The Morgan fingerprint density at radius 2 is 1.28 bits per heavy atom. The lowest BCUT2D eigenvalue weighted by Gasteiger charge is -2.17. The topological polar surface area (TPSA) is 46.5 Å². The summed E-state index contributed by atoms with van der Waals surface area (Å²) in [6.45, 7) is 3.63. The molecule has 5 rings (SSSR count). The van der Waals surface area contributed by atoms with Gasteiger partial charge in [0.1, 0.15) is 17.4 Å². The Hall–Kier alpha value is -4.10. The van der Waals surface area contributed by atoms with E-state index in [1.165, 1.54) is 29.8 Å². The van der Waals surface area contributed by atoms with Crippen molar-refractivity contribution >= 4 is 46.5 Å². The molecule has 0 aliphatic heterocycles. The normalized spacial score (nSPS) is 10.9. The molecule has 0 aromatic heterocycles. The minimum atomic E-state index is -1.02. The fraction of sp³-hybridized carbons (Fsp3) is 0.132. The molecule has 0 saturated heterocycles. The van der Waals surface area contributed by atoms with Crippen molar-refractivity contribution in [2.45, 2.75) is 25.2 Å². The Morgan fingerprint density at radius 1 is 0.761 bits per heavy atom. The van der Waals surface area contributed by atoms with Crippen LogP contribution < -0.4 is 4.74 Å². The molecule has 0 radical (unpaired) electrons. The summed E-state index contributed by atoms with van der Waals surface area (Å²) in [4.78, 5) is 12.0. The first kappa shape index (κ1) is 33.3. The van der Waals surface area contributed by atoms with Crippen molar-refractivity contribution in [3.63, 3.8) is 0 Å². The summed E-state index contributed by atoms with van der Waals surface area (Å²) in [6, 6.07) is 30.6. The molecular weight excluding hydrogens is 645 g/mol. The Morgan fingerprint density at radius 3 is 1.72 bits per heavy atom. The van der Waals surface area contributed by atoms with Gasteiger partial charge in [-0.05, 0) is 101 Å². The number of halogens is 4. The van der Waals surface area contributed by atoms with E-state index in [4.69, 9.17) is 33.0 Å². The predicted octanol–water partition coefficient (Wildman–Crippen LogP) is 11.4. The maximum atomic E-state index is 13.7. The van der Waals surface area contributed by atoms with Crippen molar-refractivity contribution < 1.29 is 23.4 Å². The van der Waals surface area contributed by atoms with Crippen LogP contribution in [0.2, 0.25) is 10.0 Å². The zero-order valence-corrected chi connectivity index (χ0v) is 27.4. The first-order chi connectivity index (χ1) is 22.1. The number of aliphatic carboxylic acids is 1. The van der Waals surface area contributed by atoms with Crippen LogP contribution in [-0.4, -0.2) is 23.4 Å². The maximum Gasteiger partial charge on any atom is 0.341 e. The van der Waals surface area contributed by atoms with E-state index in [0.717, 1.165) is 55.8 Å². The first-order valence-electron chi connectivity index (χ1n) is 14.5. The predicted molar refractivity (Wildman–Crippen MR) is 185 cm³/mol. The van der Waals surface area contributed by atoms with Gasteiger partial charge in [-0.2, -0.15) is 0 Å². The van der Waals surface area contributed by atoms with E-state index in [0.29, 0.717) is 21.5 Å². The van der Waals surface area contributed by atoms with Gasteiger partial charge in [0.25, 0.3) is 0 Å². The van der Waals surface area contributed by atoms with Gasteiger partial charge in [0, 0.05) is 21.8 Å². The Bertz CT molecular complexity index is 1810. The smallest absolute Gasteiger partial charge is 0.341 e. The van der Waals surface area contributed by atoms with Gasteiger partial charge in [-0.25, -0.2) is 13.6 Å². The van der Waals surface area contributed by atoms with Gasteiger partial charge in [0.15, 0.2) is 6.61 Å². The molecule has 5 aromatic rings. The van der Waals surface area contributed by atoms with Crippen molar-refractivity contribution in [2.75, 3.05) is 12.4 Å². The van der Waals surface area contributed by atoms with E-state index < -0.39 is 12.6 Å². The Labute approximate surface area is 281 Å². The molecule has 0 fully saturated rings. The summed E-state index contributed by atoms with van der Waals surface area (Å²) in [5.74, 6) is -0.544. The number of benzene rings is 5. The lowest BCUT2D eigenvalue weighted by atomic mass is 9.90. The molecule has 0 bridgehead atoms. The summed E-state index contributed by atoms with van der Waals surface area (Å²) < 4.78 is 32.8. The van der Waals surface area contributed by atoms with Gasteiger partial charge in [-0.1, -0.05) is 84.2 Å². The molecule has 0 spiro atoms. The van der Waals surface area contributed by atoms with Gasteiger partial charge in [0.05, 0.1) is 10.0 Å². The molecule has 0 unspecified atom stereocenters. The second-order valence-electron chi connectivity index (χ2n) is 10.6. The third kappa shape index (κ3) is 8.00. The maximum absolute atomic E-state index is 13.7. The number of carbonyl (C=O) groups is 1. The number of carboxylic acids is 1. The lowest BCUT2D eigenvalue weighted by Crippen LogP contribution is -2.10. The van der Waals surface area contributed by atoms with Crippen molar-refractivity contribution in [1.29, 1.82) is 0 Å². The first-order valence-corrected chi connectivity index (χ1v) is 16.3. The highest BCUT2D eigenvalue weighted by Crippen LogP contribution is 2.37. The molecule has 0 aliphatic rings. The third-order valence-electron chi connectivity index (χ3n) is 7.52. The van der Waals surface area contributed by atoms with E-state index in [-0.39, 0.29) is 11.6 Å². The molecule has 46 heavy (non-hydrogen) atoms. The standard InChI is InChI=1S/C38H30Cl2F2O3S/c1-3-24(22-46-31-14-17-36(23(2)18-31)45-21-37(43)44)38(27-8-4-25(5-9-27)32-15-12-29(41)19-34(32)39)28-10-6-26(7-11-28)33-16-13-30(42)20-35(33)40/h4-20H,3,21-22H2,1-2H3,(H,43,44). The summed E-state index contributed by atoms with van der Waals surface area (Å²) in [5.41, 5.74) is 8.44. The quantitative estimate of drug-likeness (QED) is 0.142. The number of hydrogen-bond acceptors (Lipinski definition) is 3. The van der Waals surface area contributed by atoms with Crippen LogP contribution in [0.3, 0.4) is 0 Å². The molecule has 0 saturated carbocycles. The molecular formula is C38H30Cl2F2O3S. The van der Waals surface area contributed by atoms with Crippen LogP contribution in [0.15, 0.2) is 114 Å². The molecule has 0 aliphatic carbocycles. The number of thioether (sulfide) groups is 1. The van der Waals surface area contributed by atoms with E-state index in [1.807, 2.05) is 67.6 Å². The van der Waals surface area contributed by atoms with Crippen molar-refractivity contribution in [1.82, 2.24) is 0 Å². The SMILES string of the molecule is CCC(CSc1ccc(OCC(=O)O)c(C)c1)=C(c1ccc(-c2ccc(F)cc2Cl)cc1)c1ccc(-c2ccc(F)cc2Cl)cc1. The second kappa shape index (κ2) is 15.0. The minimum Gasteiger partial charge on any atom is -0.482 e. The van der Waals surface area contributed by atoms with Crippen LogP contribution in [0.25, 0.3) is 27.8 Å². The minimum absolute atomic E-state index is 0.346. The molecule has 5 aromatic carbocycles. The van der Waals surface area contributed by atoms with Gasteiger partial charge < -0.3 is 9.84 Å². The molecule has 3 nitrogen and oxygen atoms in total. The number of aryl methyl sites for hydroxylation is 1. The van der Waals surface area contributed by atoms with E-state index in [1.54, 1.807) is 30.0 Å². The highest BCUT2D eigenvalue weighted by Gasteiger charge is 2.15. The molecule has 1 N–H and O–H groups in total. The van der Waals surface area contributed by atoms with Gasteiger partial charge in [-0.15, -0.1) is 11.8 Å². The van der Waals surface area contributed by atoms with Gasteiger partial charge >= 0.3 is 5.97 Å². The molecule has 0 heterocycles. The largest absolute Gasteiger partial charge is 0.482 e. The Kier molecular flexibility index (Phi) is 10.8. The fourth-order valence-electron chi connectivity index (χ4n) is 5.19. The highest BCUT2D eigenvalue weighted by molar-refractivity contribution is 7.99. The zero-order chi connectivity index (χ0) is 32.8. The van der Waals surface area contributed by atoms with E-state index >= 15 is 0 Å². The van der Waals surface area contributed by atoms with Crippen LogP contribution in [0.1, 0.15) is 30.0 Å². The molecule has 8 heteroatoms. The van der Waals surface area contributed by atoms with Crippen LogP contribution >= 0.6 is 35.0 Å². The summed E-state index contributed by atoms with van der Waals surface area (Å²) in [7, 11) is 0. The highest BCUT2D eigenvalue weighted by atomic mass is 35.5.